The molecule has 1 aromatic rings. The minimum absolute atomic E-state index is 0.0896. The molecule has 0 unspecified atom stereocenters. The van der Waals surface area contributed by atoms with Gasteiger partial charge in [-0.1, -0.05) is 18.6 Å². The largest absolute Gasteiger partial charge is 0.355 e. The Morgan fingerprint density at radius 3 is 2.29 bits per heavy atom. The van der Waals surface area contributed by atoms with Gasteiger partial charge < -0.3 is 10.6 Å². The van der Waals surface area contributed by atoms with E-state index in [4.69, 9.17) is 11.6 Å². The molecule has 2 N–H and O–H groups in total. The summed E-state index contributed by atoms with van der Waals surface area (Å²) in [6.45, 7) is 1.59. The molecular weight excluding hydrogens is 288 g/mol. The van der Waals surface area contributed by atoms with E-state index in [1.165, 1.54) is 0 Å². The zero-order valence-electron chi connectivity index (χ0n) is 12.5. The second-order valence-electron chi connectivity index (χ2n) is 4.83. The smallest absolute Gasteiger partial charge is 0.251 e. The lowest BCUT2D eigenvalue weighted by Crippen LogP contribution is -2.20. The molecule has 0 bridgehead atoms. The van der Waals surface area contributed by atoms with Gasteiger partial charge in [-0.2, -0.15) is 0 Å². The van der Waals surface area contributed by atoms with Crippen molar-refractivity contribution in [1.82, 2.24) is 10.6 Å². The molecule has 1 rings (SSSR count). The average molecular weight is 311 g/mol. The predicted octanol–water partition coefficient (Wildman–Crippen LogP) is 2.62. The molecule has 116 valence electrons. The van der Waals surface area contributed by atoms with Gasteiger partial charge in [0.2, 0.25) is 0 Å². The first-order chi connectivity index (χ1) is 10.2. The SMILES string of the molecule is CNC(=O)c1ccc(C(=O)CCNCCCCCCl)cc1. The van der Waals surface area contributed by atoms with Crippen LogP contribution in [0.3, 0.4) is 0 Å². The summed E-state index contributed by atoms with van der Waals surface area (Å²) in [4.78, 5) is 23.4. The van der Waals surface area contributed by atoms with Gasteiger partial charge in [-0.15, -0.1) is 11.6 Å². The summed E-state index contributed by atoms with van der Waals surface area (Å²) in [5.74, 6) is 0.657. The number of carbonyl (C=O) groups excluding carboxylic acids is 2. The van der Waals surface area contributed by atoms with E-state index in [-0.39, 0.29) is 11.7 Å². The first-order valence-corrected chi connectivity index (χ1v) is 7.84. The highest BCUT2D eigenvalue weighted by molar-refractivity contribution is 6.17. The summed E-state index contributed by atoms with van der Waals surface area (Å²) in [6, 6.07) is 6.75. The van der Waals surface area contributed by atoms with Crippen molar-refractivity contribution in [2.45, 2.75) is 25.7 Å². The number of unbranched alkanes of at least 4 members (excludes halogenated alkanes) is 2. The molecule has 0 fully saturated rings. The van der Waals surface area contributed by atoms with Crippen LogP contribution in [0.5, 0.6) is 0 Å². The molecule has 0 saturated carbocycles. The second-order valence-corrected chi connectivity index (χ2v) is 5.21. The Kier molecular flexibility index (Phi) is 8.71. The van der Waals surface area contributed by atoms with Crippen LogP contribution in [-0.2, 0) is 0 Å². The van der Waals surface area contributed by atoms with Crippen molar-refractivity contribution in [3.8, 4) is 0 Å². The lowest BCUT2D eigenvalue weighted by Gasteiger charge is -2.05. The van der Waals surface area contributed by atoms with E-state index in [0.717, 1.165) is 25.8 Å². The summed E-state index contributed by atoms with van der Waals surface area (Å²) in [6.07, 6.45) is 3.71. The third-order valence-electron chi connectivity index (χ3n) is 3.21. The summed E-state index contributed by atoms with van der Waals surface area (Å²) in [7, 11) is 1.58. The molecule has 0 spiro atoms. The standard InChI is InChI=1S/C16H23ClN2O2/c1-18-16(21)14-7-5-13(6-8-14)15(20)9-12-19-11-4-2-3-10-17/h5-8,19H,2-4,9-12H2,1H3,(H,18,21). The minimum atomic E-state index is -0.146. The van der Waals surface area contributed by atoms with Gasteiger partial charge in [0.1, 0.15) is 0 Å². The Bertz CT molecular complexity index is 446. The Balaban J connectivity index is 2.27. The molecule has 5 heteroatoms. The number of ketones is 1. The van der Waals surface area contributed by atoms with Crippen molar-refractivity contribution < 1.29 is 9.59 Å². The van der Waals surface area contributed by atoms with E-state index in [9.17, 15) is 9.59 Å². The number of hydrogen-bond donors (Lipinski definition) is 2. The van der Waals surface area contributed by atoms with Crippen LogP contribution in [0.1, 0.15) is 46.4 Å². The van der Waals surface area contributed by atoms with Crippen LogP contribution >= 0.6 is 11.6 Å². The van der Waals surface area contributed by atoms with E-state index in [2.05, 4.69) is 10.6 Å². The number of Topliss-reactive ketones (excluding diaryl/α,β-unsaturated/α-hetero) is 1. The van der Waals surface area contributed by atoms with E-state index >= 15 is 0 Å². The maximum absolute atomic E-state index is 12.0. The number of amides is 1. The van der Waals surface area contributed by atoms with Crippen molar-refractivity contribution >= 4 is 23.3 Å². The molecule has 1 amide bonds. The second kappa shape index (κ2) is 10.4. The molecular formula is C16H23ClN2O2. The normalized spacial score (nSPS) is 10.4. The van der Waals surface area contributed by atoms with Gasteiger partial charge in [-0.25, -0.2) is 0 Å². The highest BCUT2D eigenvalue weighted by Gasteiger charge is 2.07. The van der Waals surface area contributed by atoms with Gasteiger partial charge in [0.25, 0.3) is 5.91 Å². The van der Waals surface area contributed by atoms with Crippen molar-refractivity contribution in [2.75, 3.05) is 26.0 Å². The maximum atomic E-state index is 12.0. The summed E-state index contributed by atoms with van der Waals surface area (Å²) >= 11 is 5.60. The van der Waals surface area contributed by atoms with Gasteiger partial charge in [0, 0.05) is 37.0 Å². The summed E-state index contributed by atoms with van der Waals surface area (Å²) in [5, 5.41) is 5.81. The molecule has 0 aliphatic rings. The molecule has 0 saturated heterocycles. The molecule has 0 aliphatic heterocycles. The van der Waals surface area contributed by atoms with Crippen molar-refractivity contribution in [3.05, 3.63) is 35.4 Å². The number of nitrogens with one attached hydrogen (secondary N) is 2. The van der Waals surface area contributed by atoms with Crippen LogP contribution in [0.25, 0.3) is 0 Å². The molecule has 0 aliphatic carbocycles. The summed E-state index contributed by atoms with van der Waals surface area (Å²) in [5.41, 5.74) is 1.21. The minimum Gasteiger partial charge on any atom is -0.355 e. The maximum Gasteiger partial charge on any atom is 0.251 e. The van der Waals surface area contributed by atoms with Gasteiger partial charge in [-0.05, 0) is 31.5 Å². The molecule has 4 nitrogen and oxygen atoms in total. The third-order valence-corrected chi connectivity index (χ3v) is 3.48. The van der Waals surface area contributed by atoms with Gasteiger partial charge >= 0.3 is 0 Å². The quantitative estimate of drug-likeness (QED) is 0.397. The molecule has 1 aromatic carbocycles. The molecule has 0 aromatic heterocycles. The van der Waals surface area contributed by atoms with Crippen LogP contribution in [0.2, 0.25) is 0 Å². The average Bonchev–Trinajstić information content (AvgIpc) is 2.53. The zero-order chi connectivity index (χ0) is 15.5. The molecule has 0 heterocycles. The Morgan fingerprint density at radius 1 is 1.00 bits per heavy atom. The van der Waals surface area contributed by atoms with Crippen molar-refractivity contribution in [2.24, 2.45) is 0 Å². The van der Waals surface area contributed by atoms with Crippen LogP contribution in [0.15, 0.2) is 24.3 Å². The van der Waals surface area contributed by atoms with Crippen LogP contribution in [0, 0.1) is 0 Å². The fourth-order valence-electron chi connectivity index (χ4n) is 1.94. The predicted molar refractivity (Wildman–Crippen MR) is 86.2 cm³/mol. The molecule has 0 radical (unpaired) electrons. The lowest BCUT2D eigenvalue weighted by molar-refractivity contribution is 0.0957. The number of rotatable bonds is 10. The first-order valence-electron chi connectivity index (χ1n) is 7.31. The van der Waals surface area contributed by atoms with Crippen molar-refractivity contribution in [1.29, 1.82) is 0 Å². The highest BCUT2D eigenvalue weighted by atomic mass is 35.5. The zero-order valence-corrected chi connectivity index (χ0v) is 13.2. The lowest BCUT2D eigenvalue weighted by atomic mass is 10.1. The highest BCUT2D eigenvalue weighted by Crippen LogP contribution is 2.07. The summed E-state index contributed by atoms with van der Waals surface area (Å²) < 4.78 is 0. The number of halogens is 1. The fourth-order valence-corrected chi connectivity index (χ4v) is 2.13. The number of hydrogen-bond acceptors (Lipinski definition) is 3. The molecule has 21 heavy (non-hydrogen) atoms. The van der Waals surface area contributed by atoms with Crippen LogP contribution in [-0.4, -0.2) is 37.7 Å². The molecule has 0 atom stereocenters. The van der Waals surface area contributed by atoms with Crippen LogP contribution < -0.4 is 10.6 Å². The van der Waals surface area contributed by atoms with Gasteiger partial charge in [0.15, 0.2) is 5.78 Å². The topological polar surface area (TPSA) is 58.2 Å². The number of benzene rings is 1. The monoisotopic (exact) mass is 310 g/mol. The number of alkyl halides is 1. The Morgan fingerprint density at radius 2 is 1.67 bits per heavy atom. The van der Waals surface area contributed by atoms with E-state index in [0.29, 0.717) is 30.0 Å². The van der Waals surface area contributed by atoms with Gasteiger partial charge in [0.05, 0.1) is 0 Å². The Labute approximate surface area is 131 Å². The van der Waals surface area contributed by atoms with Gasteiger partial charge in [-0.3, -0.25) is 9.59 Å². The van der Waals surface area contributed by atoms with E-state index < -0.39 is 0 Å². The third kappa shape index (κ3) is 6.74. The van der Waals surface area contributed by atoms with Crippen LogP contribution in [0.4, 0.5) is 0 Å². The van der Waals surface area contributed by atoms with Crippen molar-refractivity contribution in [3.63, 3.8) is 0 Å². The van der Waals surface area contributed by atoms with E-state index in [1.54, 1.807) is 31.3 Å². The Hall–Kier alpha value is -1.39. The number of carbonyl (C=O) groups is 2. The first kappa shape index (κ1) is 17.7. The van der Waals surface area contributed by atoms with E-state index in [1.807, 2.05) is 0 Å². The fraction of sp³-hybridized carbons (Fsp3) is 0.500.